The molecule has 162 valence electrons. The first-order chi connectivity index (χ1) is 13.6. The summed E-state index contributed by atoms with van der Waals surface area (Å²) in [7, 11) is 1.61. The smallest absolute Gasteiger partial charge is 0.257 e. The summed E-state index contributed by atoms with van der Waals surface area (Å²) in [5.41, 5.74) is 2.39. The predicted octanol–water partition coefficient (Wildman–Crippen LogP) is 4.85. The van der Waals surface area contributed by atoms with E-state index in [1.165, 1.54) is 11.1 Å². The number of alkyl halides is 2. The molecule has 3 aliphatic rings. The van der Waals surface area contributed by atoms with Crippen LogP contribution in [0.2, 0.25) is 0 Å². The highest BCUT2D eigenvalue weighted by molar-refractivity contribution is 5.49. The maximum Gasteiger partial charge on any atom is 0.257 e. The number of nitrogens with zero attached hydrogens (tertiary/aromatic N) is 1. The summed E-state index contributed by atoms with van der Waals surface area (Å²) >= 11 is 0. The van der Waals surface area contributed by atoms with E-state index in [0.29, 0.717) is 17.5 Å². The molecule has 4 atom stereocenters. The molecule has 1 saturated heterocycles. The summed E-state index contributed by atoms with van der Waals surface area (Å²) < 4.78 is 44.6. The van der Waals surface area contributed by atoms with Gasteiger partial charge in [0, 0.05) is 25.0 Å². The third-order valence-corrected chi connectivity index (χ3v) is 6.63. The lowest BCUT2D eigenvalue weighted by molar-refractivity contribution is -0.0971. The second-order valence-electron chi connectivity index (χ2n) is 9.77. The zero-order chi connectivity index (χ0) is 21.0. The Labute approximate surface area is 172 Å². The van der Waals surface area contributed by atoms with Crippen molar-refractivity contribution < 1.29 is 23.0 Å². The molecule has 29 heavy (non-hydrogen) atoms. The molecular weight excluding hydrogens is 376 g/mol. The van der Waals surface area contributed by atoms with Gasteiger partial charge in [-0.1, -0.05) is 6.92 Å². The minimum Gasteiger partial charge on any atom is -0.493 e. The van der Waals surface area contributed by atoms with E-state index in [0.717, 1.165) is 32.4 Å². The monoisotopic (exact) mass is 409 g/mol. The van der Waals surface area contributed by atoms with Crippen molar-refractivity contribution in [1.82, 2.24) is 4.90 Å². The third kappa shape index (κ3) is 4.11. The summed E-state index contributed by atoms with van der Waals surface area (Å²) in [4.78, 5) is 2.51. The zero-order valence-electron chi connectivity index (χ0n) is 18.1. The summed E-state index contributed by atoms with van der Waals surface area (Å²) in [6, 6.07) is 4.42. The number of hydrogen-bond acceptors (Lipinski definition) is 4. The number of ether oxygens (including phenoxy) is 3. The van der Waals surface area contributed by atoms with Gasteiger partial charge in [-0.25, -0.2) is 8.78 Å². The third-order valence-electron chi connectivity index (χ3n) is 6.63. The van der Waals surface area contributed by atoms with Crippen LogP contribution < -0.4 is 9.47 Å². The van der Waals surface area contributed by atoms with Gasteiger partial charge in [-0.2, -0.15) is 0 Å². The molecule has 4 unspecified atom stereocenters. The van der Waals surface area contributed by atoms with Crippen molar-refractivity contribution in [2.24, 2.45) is 11.8 Å². The molecular formula is C23H33F2NO3. The molecule has 0 bridgehead atoms. The summed E-state index contributed by atoms with van der Waals surface area (Å²) in [6.45, 7) is 9.85. The van der Waals surface area contributed by atoms with Gasteiger partial charge < -0.3 is 14.2 Å². The van der Waals surface area contributed by atoms with Crippen molar-refractivity contribution in [3.63, 3.8) is 0 Å². The van der Waals surface area contributed by atoms with E-state index in [2.05, 4.69) is 31.7 Å². The molecule has 1 saturated carbocycles. The summed E-state index contributed by atoms with van der Waals surface area (Å²) in [6.07, 6.45) is 3.26. The molecule has 2 heterocycles. The molecule has 4 rings (SSSR count). The quantitative estimate of drug-likeness (QED) is 0.696. The Kier molecular flexibility index (Phi) is 5.31. The average Bonchev–Trinajstić information content (AvgIpc) is 3.13. The van der Waals surface area contributed by atoms with Crippen molar-refractivity contribution >= 4 is 0 Å². The van der Waals surface area contributed by atoms with Gasteiger partial charge in [-0.15, -0.1) is 0 Å². The number of halogens is 2. The van der Waals surface area contributed by atoms with E-state index in [4.69, 9.17) is 14.2 Å². The SMILES string of the molecule is COc1cc2c(cc1OCC1C(C)C1(F)F)CCN1CC(OC(C)(C)C)CCC21. The van der Waals surface area contributed by atoms with Crippen LogP contribution in [0.15, 0.2) is 12.1 Å². The Bertz CT molecular complexity index is 761. The van der Waals surface area contributed by atoms with Crippen molar-refractivity contribution in [3.8, 4) is 11.5 Å². The average molecular weight is 410 g/mol. The number of benzene rings is 1. The van der Waals surface area contributed by atoms with Gasteiger partial charge in [-0.3, -0.25) is 4.90 Å². The highest BCUT2D eigenvalue weighted by Gasteiger charge is 2.65. The molecule has 6 heteroatoms. The van der Waals surface area contributed by atoms with Gasteiger partial charge in [0.05, 0.1) is 31.3 Å². The van der Waals surface area contributed by atoms with Crippen LogP contribution in [-0.4, -0.2) is 49.3 Å². The summed E-state index contributed by atoms with van der Waals surface area (Å²) in [5.74, 6) is -2.69. The van der Waals surface area contributed by atoms with Crippen LogP contribution in [0.1, 0.15) is 57.7 Å². The second-order valence-corrected chi connectivity index (χ2v) is 9.77. The predicted molar refractivity (Wildman–Crippen MR) is 108 cm³/mol. The molecule has 4 nitrogen and oxygen atoms in total. The Balaban J connectivity index is 1.48. The van der Waals surface area contributed by atoms with Crippen molar-refractivity contribution in [2.75, 3.05) is 26.8 Å². The van der Waals surface area contributed by atoms with Gasteiger partial charge in [0.25, 0.3) is 5.92 Å². The number of hydrogen-bond donors (Lipinski definition) is 0. The Morgan fingerprint density at radius 1 is 1.17 bits per heavy atom. The standard InChI is InChI=1S/C23H33F2NO3/c1-14-18(23(14,24)25)13-28-21-10-15-8-9-26-12-16(29-22(2,3)4)6-7-19(26)17(15)11-20(21)27-5/h10-11,14,16,18-19H,6-9,12-13H2,1-5H3. The van der Waals surface area contributed by atoms with Gasteiger partial charge in [0.2, 0.25) is 0 Å². The van der Waals surface area contributed by atoms with Crippen LogP contribution in [0.25, 0.3) is 0 Å². The Morgan fingerprint density at radius 2 is 1.90 bits per heavy atom. The van der Waals surface area contributed by atoms with Crippen LogP contribution in [0.3, 0.4) is 0 Å². The molecule has 1 aromatic carbocycles. The first kappa shape index (κ1) is 20.9. The lowest BCUT2D eigenvalue weighted by Crippen LogP contribution is -2.47. The normalized spacial score (nSPS) is 31.0. The molecule has 0 spiro atoms. The molecule has 0 radical (unpaired) electrons. The molecule has 2 fully saturated rings. The highest BCUT2D eigenvalue weighted by atomic mass is 19.3. The van der Waals surface area contributed by atoms with E-state index in [1.807, 2.05) is 6.07 Å². The largest absolute Gasteiger partial charge is 0.493 e. The lowest BCUT2D eigenvalue weighted by Gasteiger charge is -2.44. The highest BCUT2D eigenvalue weighted by Crippen LogP contribution is 2.55. The van der Waals surface area contributed by atoms with E-state index >= 15 is 0 Å². The number of fused-ring (bicyclic) bond motifs is 3. The maximum atomic E-state index is 13.5. The van der Waals surface area contributed by atoms with Crippen LogP contribution >= 0.6 is 0 Å². The van der Waals surface area contributed by atoms with Crippen LogP contribution in [0.5, 0.6) is 11.5 Å². The van der Waals surface area contributed by atoms with Gasteiger partial charge >= 0.3 is 0 Å². The van der Waals surface area contributed by atoms with Crippen LogP contribution in [-0.2, 0) is 11.2 Å². The van der Waals surface area contributed by atoms with Gasteiger partial charge in [0.1, 0.15) is 0 Å². The molecule has 0 N–H and O–H groups in total. The van der Waals surface area contributed by atoms with E-state index < -0.39 is 17.8 Å². The molecule has 0 amide bonds. The Morgan fingerprint density at radius 3 is 2.52 bits per heavy atom. The minimum atomic E-state index is -2.60. The fourth-order valence-electron chi connectivity index (χ4n) is 4.88. The zero-order valence-corrected chi connectivity index (χ0v) is 18.1. The van der Waals surface area contributed by atoms with Crippen LogP contribution in [0.4, 0.5) is 8.78 Å². The van der Waals surface area contributed by atoms with E-state index in [-0.39, 0.29) is 18.3 Å². The van der Waals surface area contributed by atoms with E-state index in [1.54, 1.807) is 14.0 Å². The van der Waals surface area contributed by atoms with Gasteiger partial charge in [0.15, 0.2) is 11.5 Å². The topological polar surface area (TPSA) is 30.9 Å². The molecule has 2 aliphatic heterocycles. The fourth-order valence-corrected chi connectivity index (χ4v) is 4.88. The van der Waals surface area contributed by atoms with Crippen molar-refractivity contribution in [3.05, 3.63) is 23.3 Å². The minimum absolute atomic E-state index is 0.0324. The Hall–Kier alpha value is -1.40. The summed E-state index contributed by atoms with van der Waals surface area (Å²) in [5, 5.41) is 0. The molecule has 0 aromatic heterocycles. The number of rotatable bonds is 5. The molecule has 1 aliphatic carbocycles. The van der Waals surface area contributed by atoms with Crippen molar-refractivity contribution in [2.45, 2.75) is 70.6 Å². The molecule has 1 aromatic rings. The number of methoxy groups -OCH3 is 1. The van der Waals surface area contributed by atoms with Gasteiger partial charge in [-0.05, 0) is 63.3 Å². The maximum absolute atomic E-state index is 13.5. The van der Waals surface area contributed by atoms with E-state index in [9.17, 15) is 8.78 Å². The fraction of sp³-hybridized carbons (Fsp3) is 0.739. The second kappa shape index (κ2) is 7.38. The number of piperidine rings is 1. The van der Waals surface area contributed by atoms with Crippen LogP contribution in [0, 0.1) is 11.8 Å². The lowest BCUT2D eigenvalue weighted by atomic mass is 9.85. The van der Waals surface area contributed by atoms with Crippen molar-refractivity contribution in [1.29, 1.82) is 0 Å². The first-order valence-corrected chi connectivity index (χ1v) is 10.7. The first-order valence-electron chi connectivity index (χ1n) is 10.7.